The smallest absolute Gasteiger partial charge is 0.101 e. The molecule has 6 nitrogen and oxygen atoms in total. The van der Waals surface area contributed by atoms with Gasteiger partial charge in [0.05, 0.1) is 17.6 Å². The summed E-state index contributed by atoms with van der Waals surface area (Å²) >= 11 is 0. The molecule has 2 atom stereocenters. The van der Waals surface area contributed by atoms with Gasteiger partial charge < -0.3 is 20.4 Å². The first kappa shape index (κ1) is 19.4. The first-order valence-corrected chi connectivity index (χ1v) is 11.6. The number of piperazine rings is 1. The second kappa shape index (κ2) is 7.39. The molecule has 6 heteroatoms. The third-order valence-electron chi connectivity index (χ3n) is 7.42. The zero-order valence-corrected chi connectivity index (χ0v) is 18.5. The highest BCUT2D eigenvalue weighted by atomic mass is 15.3. The number of likely N-dealkylation sites (tertiary alicyclic amines) is 1. The molecule has 2 fully saturated rings. The molecule has 1 aliphatic carbocycles. The Morgan fingerprint density at radius 2 is 2.06 bits per heavy atom. The van der Waals surface area contributed by atoms with Gasteiger partial charge in [-0.25, -0.2) is 0 Å². The van der Waals surface area contributed by atoms with E-state index in [-0.39, 0.29) is 0 Å². The van der Waals surface area contributed by atoms with Crippen molar-refractivity contribution in [1.82, 2.24) is 14.8 Å². The maximum atomic E-state index is 9.51. The number of pyridine rings is 1. The molecule has 162 valence electrons. The average Bonchev–Trinajstić information content (AvgIpc) is 3.41. The molecule has 0 spiro atoms. The highest BCUT2D eigenvalue weighted by Gasteiger charge is 2.37. The lowest BCUT2D eigenvalue weighted by molar-refractivity contribution is 0.274. The van der Waals surface area contributed by atoms with Crippen LogP contribution in [0, 0.1) is 11.3 Å². The number of nitrogens with zero attached hydrogens (tertiary/aromatic N) is 5. The Balaban J connectivity index is 1.34. The molecule has 1 aromatic heterocycles. The normalized spacial score (nSPS) is 25.0. The van der Waals surface area contributed by atoms with Gasteiger partial charge in [-0.1, -0.05) is 6.08 Å². The van der Waals surface area contributed by atoms with Crippen LogP contribution in [-0.4, -0.2) is 59.6 Å². The molecule has 4 aliphatic rings. The maximum Gasteiger partial charge on any atom is 0.101 e. The first-order valence-electron chi connectivity index (χ1n) is 11.6. The van der Waals surface area contributed by atoms with E-state index in [2.05, 4.69) is 57.0 Å². The molecule has 2 saturated heterocycles. The summed E-state index contributed by atoms with van der Waals surface area (Å²) in [7, 11) is 0. The van der Waals surface area contributed by atoms with Gasteiger partial charge >= 0.3 is 0 Å². The number of aromatic nitrogens is 1. The lowest BCUT2D eigenvalue weighted by Crippen LogP contribution is -2.49. The van der Waals surface area contributed by atoms with Crippen LogP contribution in [0.4, 0.5) is 5.69 Å². The van der Waals surface area contributed by atoms with Crippen molar-refractivity contribution in [2.24, 2.45) is 5.73 Å². The van der Waals surface area contributed by atoms with Gasteiger partial charge in [-0.05, 0) is 61.3 Å². The van der Waals surface area contributed by atoms with Crippen molar-refractivity contribution in [1.29, 1.82) is 5.26 Å². The summed E-state index contributed by atoms with van der Waals surface area (Å²) in [5.74, 6) is 0. The Kier molecular flexibility index (Phi) is 4.48. The van der Waals surface area contributed by atoms with Gasteiger partial charge in [-0.3, -0.25) is 4.98 Å². The highest BCUT2D eigenvalue weighted by Crippen LogP contribution is 2.41. The van der Waals surface area contributed by atoms with Crippen molar-refractivity contribution in [3.63, 3.8) is 0 Å². The molecule has 0 radical (unpaired) electrons. The van der Waals surface area contributed by atoms with Crippen LogP contribution in [0.25, 0.3) is 10.9 Å². The fourth-order valence-corrected chi connectivity index (χ4v) is 5.78. The van der Waals surface area contributed by atoms with Crippen LogP contribution in [-0.2, 0) is 0 Å². The minimum atomic E-state index is 0.300. The van der Waals surface area contributed by atoms with Crippen LogP contribution in [0.1, 0.15) is 25.3 Å². The molecule has 0 amide bonds. The standard InChI is InChI=1S/C26H28N6/c1-17-13-31(24-7-4-18(12-27)26-23(24)3-2-9-29-26)16-25-22-6-5-21(11-19(22)14-32(17)25)30-10-8-20(28)15-30/h2-5,7,9,11,17,20H,6,8,10,13-16,28H2,1H3/t17-,20-/m1/s1. The fourth-order valence-electron chi connectivity index (χ4n) is 5.78. The van der Waals surface area contributed by atoms with E-state index in [9.17, 15) is 5.26 Å². The van der Waals surface area contributed by atoms with E-state index >= 15 is 0 Å². The molecule has 3 aliphatic heterocycles. The molecule has 0 bridgehead atoms. The van der Waals surface area contributed by atoms with E-state index in [1.54, 1.807) is 6.20 Å². The third-order valence-corrected chi connectivity index (χ3v) is 7.42. The number of fused-ring (bicyclic) bond motifs is 3. The Morgan fingerprint density at radius 3 is 2.88 bits per heavy atom. The summed E-state index contributed by atoms with van der Waals surface area (Å²) in [5, 5.41) is 10.6. The van der Waals surface area contributed by atoms with Crippen LogP contribution in [0.3, 0.4) is 0 Å². The summed E-state index contributed by atoms with van der Waals surface area (Å²) in [6.45, 7) is 7.21. The molecule has 0 saturated carbocycles. The van der Waals surface area contributed by atoms with E-state index in [0.29, 0.717) is 17.6 Å². The molecule has 32 heavy (non-hydrogen) atoms. The lowest BCUT2D eigenvalue weighted by atomic mass is 9.96. The largest absolute Gasteiger partial charge is 0.370 e. The molecular weight excluding hydrogens is 396 g/mol. The van der Waals surface area contributed by atoms with Crippen molar-refractivity contribution < 1.29 is 0 Å². The number of allylic oxidation sites excluding steroid dienone is 2. The van der Waals surface area contributed by atoms with Crippen LogP contribution in [0.5, 0.6) is 0 Å². The van der Waals surface area contributed by atoms with E-state index in [4.69, 9.17) is 5.73 Å². The van der Waals surface area contributed by atoms with Gasteiger partial charge in [0.15, 0.2) is 0 Å². The van der Waals surface area contributed by atoms with Crippen molar-refractivity contribution in [2.75, 3.05) is 37.6 Å². The molecular formula is C26H28N6. The zero-order valence-electron chi connectivity index (χ0n) is 18.5. The van der Waals surface area contributed by atoms with Crippen molar-refractivity contribution in [3.05, 3.63) is 70.7 Å². The summed E-state index contributed by atoms with van der Waals surface area (Å²) < 4.78 is 0. The molecule has 1 aromatic carbocycles. The van der Waals surface area contributed by atoms with Gasteiger partial charge in [0.25, 0.3) is 0 Å². The van der Waals surface area contributed by atoms with Gasteiger partial charge in [0, 0.05) is 66.9 Å². The fraction of sp³-hybridized carbons (Fsp3) is 0.385. The predicted molar refractivity (Wildman–Crippen MR) is 127 cm³/mol. The number of hydrogen-bond donors (Lipinski definition) is 1. The number of benzene rings is 1. The van der Waals surface area contributed by atoms with Gasteiger partial charge in [0.1, 0.15) is 6.07 Å². The Labute approximate surface area is 188 Å². The van der Waals surface area contributed by atoms with Crippen LogP contribution < -0.4 is 10.6 Å². The molecule has 2 aromatic rings. The van der Waals surface area contributed by atoms with Crippen molar-refractivity contribution in [2.45, 2.75) is 31.8 Å². The van der Waals surface area contributed by atoms with Gasteiger partial charge in [0.2, 0.25) is 0 Å². The number of nitriles is 1. The summed E-state index contributed by atoms with van der Waals surface area (Å²) in [5.41, 5.74) is 14.5. The summed E-state index contributed by atoms with van der Waals surface area (Å²) in [6.07, 6.45) is 8.64. The van der Waals surface area contributed by atoms with Crippen LogP contribution in [0.15, 0.2) is 65.2 Å². The minimum absolute atomic E-state index is 0.300. The second-order valence-electron chi connectivity index (χ2n) is 9.42. The van der Waals surface area contributed by atoms with Crippen LogP contribution in [0.2, 0.25) is 0 Å². The van der Waals surface area contributed by atoms with E-state index in [1.165, 1.54) is 28.2 Å². The van der Waals surface area contributed by atoms with E-state index in [0.717, 1.165) is 56.5 Å². The Hall–Kier alpha value is -3.30. The van der Waals surface area contributed by atoms with Gasteiger partial charge in [-0.15, -0.1) is 0 Å². The SMILES string of the molecule is C[C@@H]1CN(c2ccc(C#N)c3ncccc23)CC2=C3CC=C(N4CC[C@@H](N)C4)C=C3CN21. The van der Waals surface area contributed by atoms with E-state index in [1.807, 2.05) is 12.1 Å². The molecule has 0 unspecified atom stereocenters. The van der Waals surface area contributed by atoms with Crippen LogP contribution >= 0.6 is 0 Å². The van der Waals surface area contributed by atoms with Crippen molar-refractivity contribution in [3.8, 4) is 6.07 Å². The zero-order chi connectivity index (χ0) is 21.8. The minimum Gasteiger partial charge on any atom is -0.370 e. The predicted octanol–water partition coefficient (Wildman–Crippen LogP) is 3.13. The molecule has 2 N–H and O–H groups in total. The number of anilines is 1. The summed E-state index contributed by atoms with van der Waals surface area (Å²) in [6, 6.07) is 11.1. The molecule has 6 rings (SSSR count). The van der Waals surface area contributed by atoms with E-state index < -0.39 is 0 Å². The highest BCUT2D eigenvalue weighted by molar-refractivity contribution is 5.95. The maximum absolute atomic E-state index is 9.51. The Morgan fingerprint density at radius 1 is 1.16 bits per heavy atom. The monoisotopic (exact) mass is 424 g/mol. The lowest BCUT2D eigenvalue weighted by Gasteiger charge is -2.42. The quantitative estimate of drug-likeness (QED) is 0.799. The topological polar surface area (TPSA) is 72.4 Å². The molecule has 4 heterocycles. The number of rotatable bonds is 2. The average molecular weight is 425 g/mol. The number of nitrogens with two attached hydrogens (primary N) is 1. The Bertz CT molecular complexity index is 1230. The summed E-state index contributed by atoms with van der Waals surface area (Å²) in [4.78, 5) is 12.0. The van der Waals surface area contributed by atoms with Gasteiger partial charge in [-0.2, -0.15) is 5.26 Å². The number of hydrogen-bond acceptors (Lipinski definition) is 6. The second-order valence-corrected chi connectivity index (χ2v) is 9.42. The first-order chi connectivity index (χ1) is 15.6. The van der Waals surface area contributed by atoms with Crippen molar-refractivity contribution >= 4 is 16.6 Å². The third kappa shape index (κ3) is 3.00.